The Labute approximate surface area is 202 Å². The summed E-state index contributed by atoms with van der Waals surface area (Å²) in [5, 5.41) is 4.29. The van der Waals surface area contributed by atoms with Crippen LogP contribution in [0.4, 0.5) is 0 Å². The number of hydrazone groups is 1. The van der Waals surface area contributed by atoms with Crippen LogP contribution in [-0.2, 0) is 0 Å². The normalized spacial score (nSPS) is 10.6. The van der Waals surface area contributed by atoms with Gasteiger partial charge in [-0.25, -0.2) is 10.2 Å². The van der Waals surface area contributed by atoms with Crippen molar-refractivity contribution < 1.29 is 28.5 Å². The summed E-state index contributed by atoms with van der Waals surface area (Å²) < 4.78 is 21.3. The first-order chi connectivity index (χ1) is 16.4. The number of nitrogens with one attached hydrogen (secondary N) is 1. The van der Waals surface area contributed by atoms with Crippen LogP contribution in [-0.4, -0.2) is 39.4 Å². The highest BCUT2D eigenvalue weighted by Gasteiger charge is 2.18. The number of methoxy groups -OCH3 is 3. The zero-order valence-electron chi connectivity index (χ0n) is 19.0. The monoisotopic (exact) mass is 482 g/mol. The summed E-state index contributed by atoms with van der Waals surface area (Å²) >= 11 is 6.11. The highest BCUT2D eigenvalue weighted by atomic mass is 35.5. The summed E-state index contributed by atoms with van der Waals surface area (Å²) in [6.07, 6.45) is 1.43. The molecule has 1 N–H and O–H groups in total. The molecule has 0 fully saturated rings. The van der Waals surface area contributed by atoms with Crippen molar-refractivity contribution in [1.29, 1.82) is 0 Å². The number of halogens is 1. The maximum Gasteiger partial charge on any atom is 0.343 e. The molecule has 0 aliphatic rings. The molecule has 0 aliphatic carbocycles. The van der Waals surface area contributed by atoms with E-state index in [0.717, 1.165) is 5.56 Å². The lowest BCUT2D eigenvalue weighted by molar-refractivity contribution is 0.0733. The summed E-state index contributed by atoms with van der Waals surface area (Å²) in [4.78, 5) is 25.0. The minimum absolute atomic E-state index is 0.218. The maximum absolute atomic E-state index is 12.7. The summed E-state index contributed by atoms with van der Waals surface area (Å²) in [6.45, 7) is 1.88. The van der Waals surface area contributed by atoms with E-state index in [1.807, 2.05) is 6.92 Å². The molecule has 3 aromatic rings. The highest BCUT2D eigenvalue weighted by Crippen LogP contribution is 2.38. The Kier molecular flexibility index (Phi) is 8.10. The highest BCUT2D eigenvalue weighted by molar-refractivity contribution is 6.33. The fourth-order valence-corrected chi connectivity index (χ4v) is 3.37. The lowest BCUT2D eigenvalue weighted by Gasteiger charge is -2.13. The van der Waals surface area contributed by atoms with E-state index in [0.29, 0.717) is 33.4 Å². The zero-order chi connectivity index (χ0) is 24.7. The topological polar surface area (TPSA) is 95.5 Å². The van der Waals surface area contributed by atoms with Crippen LogP contribution in [0.5, 0.6) is 23.0 Å². The third-order valence-electron chi connectivity index (χ3n) is 4.72. The number of hydrogen-bond acceptors (Lipinski definition) is 7. The van der Waals surface area contributed by atoms with Crippen LogP contribution in [0.2, 0.25) is 5.02 Å². The number of nitrogens with zero attached hydrogens (tertiary/aromatic N) is 1. The molecule has 0 saturated heterocycles. The molecular formula is C25H23ClN2O6. The van der Waals surface area contributed by atoms with Crippen molar-refractivity contribution in [1.82, 2.24) is 5.43 Å². The van der Waals surface area contributed by atoms with Gasteiger partial charge in [0.25, 0.3) is 5.91 Å². The first kappa shape index (κ1) is 24.6. The van der Waals surface area contributed by atoms with Gasteiger partial charge in [0.2, 0.25) is 5.75 Å². The molecule has 0 saturated carbocycles. The second kappa shape index (κ2) is 11.2. The van der Waals surface area contributed by atoms with Gasteiger partial charge in [0.05, 0.1) is 43.7 Å². The minimum Gasteiger partial charge on any atom is -0.493 e. The smallest absolute Gasteiger partial charge is 0.343 e. The molecule has 176 valence electrons. The van der Waals surface area contributed by atoms with E-state index in [9.17, 15) is 9.59 Å². The van der Waals surface area contributed by atoms with Crippen molar-refractivity contribution in [2.45, 2.75) is 6.92 Å². The van der Waals surface area contributed by atoms with Crippen molar-refractivity contribution in [3.8, 4) is 23.0 Å². The Morgan fingerprint density at radius 2 is 1.65 bits per heavy atom. The molecule has 0 aliphatic heterocycles. The average Bonchev–Trinajstić information content (AvgIpc) is 2.83. The van der Waals surface area contributed by atoms with Gasteiger partial charge in [0.15, 0.2) is 11.5 Å². The number of hydrogen-bond donors (Lipinski definition) is 1. The molecule has 0 aromatic heterocycles. The molecule has 0 bridgehead atoms. The van der Waals surface area contributed by atoms with Gasteiger partial charge in [-0.2, -0.15) is 5.10 Å². The number of carbonyl (C=O) groups is 2. The van der Waals surface area contributed by atoms with E-state index in [-0.39, 0.29) is 11.3 Å². The van der Waals surface area contributed by atoms with Crippen LogP contribution in [0.3, 0.4) is 0 Å². The zero-order valence-corrected chi connectivity index (χ0v) is 19.8. The van der Waals surface area contributed by atoms with Crippen molar-refractivity contribution >= 4 is 29.7 Å². The van der Waals surface area contributed by atoms with Gasteiger partial charge in [-0.3, -0.25) is 4.79 Å². The molecule has 0 spiro atoms. The van der Waals surface area contributed by atoms with Crippen molar-refractivity contribution in [2.75, 3.05) is 21.3 Å². The van der Waals surface area contributed by atoms with Crippen molar-refractivity contribution in [3.63, 3.8) is 0 Å². The van der Waals surface area contributed by atoms with Crippen LogP contribution in [0.15, 0.2) is 59.7 Å². The van der Waals surface area contributed by atoms with Crippen LogP contribution in [0.25, 0.3) is 0 Å². The number of benzene rings is 3. The molecular weight excluding hydrogens is 460 g/mol. The van der Waals surface area contributed by atoms with Crippen LogP contribution < -0.4 is 24.4 Å². The summed E-state index contributed by atoms with van der Waals surface area (Å²) in [6, 6.07) is 14.8. The molecule has 8 nitrogen and oxygen atoms in total. The summed E-state index contributed by atoms with van der Waals surface area (Å²) in [5.41, 5.74) is 4.51. The molecule has 0 atom stereocenters. The molecule has 3 aromatic carbocycles. The fourth-order valence-electron chi connectivity index (χ4n) is 3.05. The minimum atomic E-state index is -0.615. The van der Waals surface area contributed by atoms with Gasteiger partial charge in [-0.05, 0) is 54.4 Å². The lowest BCUT2D eigenvalue weighted by Crippen LogP contribution is -2.18. The van der Waals surface area contributed by atoms with Gasteiger partial charge in [-0.15, -0.1) is 0 Å². The first-order valence-electron chi connectivity index (χ1n) is 10.1. The van der Waals surface area contributed by atoms with Gasteiger partial charge < -0.3 is 18.9 Å². The molecule has 1 amide bonds. The van der Waals surface area contributed by atoms with E-state index in [4.69, 9.17) is 30.5 Å². The summed E-state index contributed by atoms with van der Waals surface area (Å²) in [7, 11) is 4.39. The molecule has 0 radical (unpaired) electrons. The number of esters is 1. The van der Waals surface area contributed by atoms with Gasteiger partial charge in [-0.1, -0.05) is 29.8 Å². The van der Waals surface area contributed by atoms with Gasteiger partial charge in [0, 0.05) is 0 Å². The number of amides is 1. The first-order valence-corrected chi connectivity index (χ1v) is 10.5. The van der Waals surface area contributed by atoms with E-state index in [1.54, 1.807) is 42.5 Å². The Hall–Kier alpha value is -4.04. The summed E-state index contributed by atoms with van der Waals surface area (Å²) in [5.74, 6) is 0.268. The third-order valence-corrected chi connectivity index (χ3v) is 5.03. The Balaban J connectivity index is 1.71. The molecule has 3 rings (SSSR count). The quantitative estimate of drug-likeness (QED) is 0.217. The Morgan fingerprint density at radius 3 is 2.26 bits per heavy atom. The predicted molar refractivity (Wildman–Crippen MR) is 129 cm³/mol. The third kappa shape index (κ3) is 5.85. The standard InChI is InChI=1S/C25H23ClN2O6/c1-15-8-9-19(20(26)10-15)24(29)28-27-14-16-6-5-7-18(11-16)34-25(30)17-12-21(31-2)23(33-4)22(13-17)32-3/h5-14H,1-4H3,(H,28,29)/b27-14-. The predicted octanol–water partition coefficient (Wildman–Crippen LogP) is 4.66. The second-order valence-corrected chi connectivity index (χ2v) is 7.47. The van der Waals surface area contributed by atoms with Crippen LogP contribution in [0.1, 0.15) is 31.8 Å². The molecule has 0 heterocycles. The number of ether oxygens (including phenoxy) is 4. The van der Waals surface area contributed by atoms with Crippen LogP contribution in [0, 0.1) is 6.92 Å². The van der Waals surface area contributed by atoms with E-state index in [2.05, 4.69) is 10.5 Å². The Morgan fingerprint density at radius 1 is 0.941 bits per heavy atom. The second-order valence-electron chi connectivity index (χ2n) is 7.06. The number of aryl methyl sites for hydroxylation is 1. The van der Waals surface area contributed by atoms with Crippen LogP contribution >= 0.6 is 11.6 Å². The molecule has 9 heteroatoms. The number of rotatable bonds is 8. The SMILES string of the molecule is COc1cc(C(=O)Oc2cccc(/C=N\NC(=O)c3ccc(C)cc3Cl)c2)cc(OC)c1OC. The fraction of sp³-hybridized carbons (Fsp3) is 0.160. The lowest BCUT2D eigenvalue weighted by atomic mass is 10.1. The van der Waals surface area contributed by atoms with E-state index in [1.165, 1.54) is 39.7 Å². The van der Waals surface area contributed by atoms with E-state index < -0.39 is 11.9 Å². The average molecular weight is 483 g/mol. The van der Waals surface area contributed by atoms with E-state index >= 15 is 0 Å². The number of carbonyl (C=O) groups excluding carboxylic acids is 2. The van der Waals surface area contributed by atoms with Gasteiger partial charge >= 0.3 is 5.97 Å². The molecule has 0 unspecified atom stereocenters. The maximum atomic E-state index is 12.7. The largest absolute Gasteiger partial charge is 0.493 e. The Bertz CT molecular complexity index is 1220. The van der Waals surface area contributed by atoms with Gasteiger partial charge in [0.1, 0.15) is 5.75 Å². The molecule has 34 heavy (non-hydrogen) atoms. The van der Waals surface area contributed by atoms with Crippen molar-refractivity contribution in [3.05, 3.63) is 81.9 Å². The van der Waals surface area contributed by atoms with Crippen molar-refractivity contribution in [2.24, 2.45) is 5.10 Å².